The number of hydrogen-bond acceptors (Lipinski definition) is 2. The van der Waals surface area contributed by atoms with Crippen LogP contribution in [-0.2, 0) is 10.3 Å². The van der Waals surface area contributed by atoms with E-state index < -0.39 is 10.3 Å². The van der Waals surface area contributed by atoms with Crippen LogP contribution in [0, 0.1) is 5.92 Å². The molecule has 0 atom stereocenters. The minimum atomic E-state index is -3.99. The minimum absolute atomic E-state index is 0.339. The van der Waals surface area contributed by atoms with Crippen LogP contribution in [0.4, 0.5) is 0 Å². The van der Waals surface area contributed by atoms with Crippen LogP contribution in [0.5, 0.6) is 0 Å². The van der Waals surface area contributed by atoms with Gasteiger partial charge in [0.05, 0.1) is 0 Å². The van der Waals surface area contributed by atoms with Gasteiger partial charge in [-0.05, 0) is 12.3 Å². The molecule has 17 heavy (non-hydrogen) atoms. The summed E-state index contributed by atoms with van der Waals surface area (Å²) in [6, 6.07) is 0. The topological polar surface area (TPSA) is 66.4 Å². The third kappa shape index (κ3) is 15.9. The Balaban J connectivity index is 3.09. The lowest BCUT2D eigenvalue weighted by molar-refractivity contribution is 0.464. The zero-order chi connectivity index (χ0) is 13.1. The molecule has 0 aliphatic carbocycles. The second kappa shape index (κ2) is 9.85. The van der Waals surface area contributed by atoms with Crippen molar-refractivity contribution in [2.45, 2.75) is 65.2 Å². The summed E-state index contributed by atoms with van der Waals surface area (Å²) in [5, 5.41) is 0. The fourth-order valence-electron chi connectivity index (χ4n) is 1.76. The van der Waals surface area contributed by atoms with Crippen molar-refractivity contribution in [1.29, 1.82) is 0 Å². The third-order valence-corrected chi connectivity index (χ3v) is 3.31. The quantitative estimate of drug-likeness (QED) is 0.445. The molecule has 0 amide bonds. The SMILES string of the molecule is CC(C)CCCCCCCCCNS(=O)(=O)O. The zero-order valence-corrected chi connectivity index (χ0v) is 11.9. The van der Waals surface area contributed by atoms with E-state index in [2.05, 4.69) is 18.6 Å². The maximum absolute atomic E-state index is 10.3. The van der Waals surface area contributed by atoms with Gasteiger partial charge in [-0.2, -0.15) is 13.1 Å². The van der Waals surface area contributed by atoms with Crippen LogP contribution in [-0.4, -0.2) is 19.5 Å². The second-order valence-corrected chi connectivity index (χ2v) is 6.27. The predicted molar refractivity (Wildman–Crippen MR) is 71.3 cm³/mol. The van der Waals surface area contributed by atoms with Crippen molar-refractivity contribution in [1.82, 2.24) is 4.72 Å². The molecule has 0 heterocycles. The second-order valence-electron chi connectivity index (χ2n) is 5.03. The molecule has 0 unspecified atom stereocenters. The van der Waals surface area contributed by atoms with Gasteiger partial charge in [0.15, 0.2) is 0 Å². The van der Waals surface area contributed by atoms with E-state index in [-0.39, 0.29) is 0 Å². The summed E-state index contributed by atoms with van der Waals surface area (Å²) in [6.45, 7) is 4.84. The predicted octanol–water partition coefficient (Wildman–Crippen LogP) is 3.16. The van der Waals surface area contributed by atoms with Gasteiger partial charge < -0.3 is 0 Å². The van der Waals surface area contributed by atoms with Gasteiger partial charge in [0, 0.05) is 6.54 Å². The van der Waals surface area contributed by atoms with E-state index in [1.807, 2.05) is 0 Å². The summed E-state index contributed by atoms with van der Waals surface area (Å²) < 4.78 is 31.2. The van der Waals surface area contributed by atoms with Crippen LogP contribution in [0.25, 0.3) is 0 Å². The van der Waals surface area contributed by atoms with Crippen LogP contribution in [0.15, 0.2) is 0 Å². The first-order valence-electron chi connectivity index (χ1n) is 6.64. The van der Waals surface area contributed by atoms with Gasteiger partial charge in [0.25, 0.3) is 0 Å². The maximum Gasteiger partial charge on any atom is 0.333 e. The van der Waals surface area contributed by atoms with Crippen molar-refractivity contribution >= 4 is 10.3 Å². The third-order valence-electron chi connectivity index (χ3n) is 2.74. The monoisotopic (exact) mass is 265 g/mol. The number of rotatable bonds is 11. The molecular weight excluding hydrogens is 238 g/mol. The van der Waals surface area contributed by atoms with E-state index in [0.717, 1.165) is 25.2 Å². The first-order chi connectivity index (χ1) is 7.92. The Hall–Kier alpha value is -0.130. The van der Waals surface area contributed by atoms with Gasteiger partial charge in [0.2, 0.25) is 0 Å². The largest absolute Gasteiger partial charge is 0.333 e. The molecule has 2 N–H and O–H groups in total. The van der Waals surface area contributed by atoms with E-state index in [1.54, 1.807) is 0 Å². The molecule has 0 saturated heterocycles. The highest BCUT2D eigenvalue weighted by Gasteiger charge is 2.00. The molecule has 0 fully saturated rings. The lowest BCUT2D eigenvalue weighted by atomic mass is 10.0. The molecule has 0 aliphatic heterocycles. The van der Waals surface area contributed by atoms with Gasteiger partial charge in [-0.25, -0.2) is 0 Å². The van der Waals surface area contributed by atoms with Crippen LogP contribution in [0.2, 0.25) is 0 Å². The Kier molecular flexibility index (Phi) is 9.78. The van der Waals surface area contributed by atoms with Gasteiger partial charge in [-0.3, -0.25) is 4.55 Å². The van der Waals surface area contributed by atoms with E-state index in [0.29, 0.717) is 6.54 Å². The van der Waals surface area contributed by atoms with Gasteiger partial charge in [0.1, 0.15) is 0 Å². The highest BCUT2D eigenvalue weighted by molar-refractivity contribution is 7.83. The number of unbranched alkanes of at least 4 members (excludes halogenated alkanes) is 6. The molecule has 0 aromatic carbocycles. The molecule has 0 saturated carbocycles. The summed E-state index contributed by atoms with van der Waals surface area (Å²) in [5.41, 5.74) is 0. The van der Waals surface area contributed by atoms with E-state index in [9.17, 15) is 8.42 Å². The van der Waals surface area contributed by atoms with Crippen LogP contribution in [0.3, 0.4) is 0 Å². The molecule has 0 aliphatic rings. The van der Waals surface area contributed by atoms with Crippen LogP contribution in [0.1, 0.15) is 65.2 Å². The average molecular weight is 265 g/mol. The number of hydrogen-bond donors (Lipinski definition) is 2. The van der Waals surface area contributed by atoms with Crippen molar-refractivity contribution in [3.8, 4) is 0 Å². The normalized spacial score (nSPS) is 12.2. The Morgan fingerprint density at radius 2 is 1.41 bits per heavy atom. The summed E-state index contributed by atoms with van der Waals surface area (Å²) in [7, 11) is -3.99. The fourth-order valence-corrected chi connectivity index (χ4v) is 2.16. The molecule has 104 valence electrons. The van der Waals surface area contributed by atoms with Crippen molar-refractivity contribution in [2.24, 2.45) is 5.92 Å². The molecule has 0 spiro atoms. The number of nitrogens with one attached hydrogen (secondary N) is 1. The average Bonchev–Trinajstić information content (AvgIpc) is 2.18. The Labute approximate surface area is 106 Å². The first kappa shape index (κ1) is 16.9. The molecule has 0 aromatic rings. The smallest absolute Gasteiger partial charge is 0.273 e. The lowest BCUT2D eigenvalue weighted by Gasteiger charge is -2.04. The van der Waals surface area contributed by atoms with Gasteiger partial charge >= 0.3 is 10.3 Å². The molecule has 0 aromatic heterocycles. The summed E-state index contributed by atoms with van der Waals surface area (Å²) in [4.78, 5) is 0. The van der Waals surface area contributed by atoms with Crippen LogP contribution >= 0.6 is 0 Å². The first-order valence-corrected chi connectivity index (χ1v) is 8.08. The standard InChI is InChI=1S/C12H27NO3S/c1-12(2)10-8-6-4-3-5-7-9-11-13-17(14,15)16/h12-13H,3-11H2,1-2H3,(H,14,15,16). The van der Waals surface area contributed by atoms with E-state index in [4.69, 9.17) is 4.55 Å². The lowest BCUT2D eigenvalue weighted by Crippen LogP contribution is -2.23. The highest BCUT2D eigenvalue weighted by Crippen LogP contribution is 2.11. The van der Waals surface area contributed by atoms with E-state index >= 15 is 0 Å². The van der Waals surface area contributed by atoms with Gasteiger partial charge in [-0.1, -0.05) is 58.8 Å². The molecule has 5 heteroatoms. The molecule has 0 bridgehead atoms. The molecule has 0 radical (unpaired) electrons. The molecular formula is C12H27NO3S. The van der Waals surface area contributed by atoms with E-state index in [1.165, 1.54) is 32.1 Å². The summed E-state index contributed by atoms with van der Waals surface area (Å²) in [5.74, 6) is 0.807. The Bertz CT molecular complexity index is 263. The van der Waals surface area contributed by atoms with Crippen molar-refractivity contribution < 1.29 is 13.0 Å². The summed E-state index contributed by atoms with van der Waals surface area (Å²) in [6.07, 6.45) is 9.41. The van der Waals surface area contributed by atoms with Gasteiger partial charge in [-0.15, -0.1) is 0 Å². The maximum atomic E-state index is 10.3. The highest BCUT2D eigenvalue weighted by atomic mass is 32.2. The van der Waals surface area contributed by atoms with Crippen molar-refractivity contribution in [3.63, 3.8) is 0 Å². The minimum Gasteiger partial charge on any atom is -0.273 e. The van der Waals surface area contributed by atoms with Crippen molar-refractivity contribution in [3.05, 3.63) is 0 Å². The Morgan fingerprint density at radius 1 is 0.941 bits per heavy atom. The van der Waals surface area contributed by atoms with Crippen LogP contribution < -0.4 is 4.72 Å². The van der Waals surface area contributed by atoms with Crippen molar-refractivity contribution in [2.75, 3.05) is 6.54 Å². The molecule has 0 rings (SSSR count). The summed E-state index contributed by atoms with van der Waals surface area (Å²) >= 11 is 0. The molecule has 4 nitrogen and oxygen atoms in total. The zero-order valence-electron chi connectivity index (χ0n) is 11.1. The Morgan fingerprint density at radius 3 is 1.88 bits per heavy atom. The fraction of sp³-hybridized carbons (Fsp3) is 1.00.